The smallest absolute Gasteiger partial charge is 0.160 e. The van der Waals surface area contributed by atoms with E-state index in [0.717, 1.165) is 18.0 Å². The molecule has 0 aromatic carbocycles. The second-order valence-electron chi connectivity index (χ2n) is 5.23. The van der Waals surface area contributed by atoms with E-state index < -0.39 is 0 Å². The van der Waals surface area contributed by atoms with Crippen LogP contribution in [0, 0.1) is 0 Å². The third kappa shape index (κ3) is 2.67. The van der Waals surface area contributed by atoms with Gasteiger partial charge in [-0.1, -0.05) is 6.07 Å². The molecule has 0 spiro atoms. The van der Waals surface area contributed by atoms with E-state index in [1.807, 2.05) is 39.7 Å². The van der Waals surface area contributed by atoms with E-state index in [0.29, 0.717) is 0 Å². The average Bonchev–Trinajstić information content (AvgIpc) is 3.14. The van der Waals surface area contributed by atoms with Crippen LogP contribution in [0.1, 0.15) is 44.2 Å². The molecule has 0 aliphatic heterocycles. The monoisotopic (exact) mass is 284 g/mol. The number of hydrogen-bond acceptors (Lipinski definition) is 4. The van der Waals surface area contributed by atoms with Crippen LogP contribution in [-0.4, -0.2) is 24.4 Å². The molecule has 3 aromatic rings. The van der Waals surface area contributed by atoms with Crippen molar-refractivity contribution in [1.82, 2.24) is 29.7 Å². The Morgan fingerprint density at radius 1 is 1.19 bits per heavy atom. The SMILES string of the molecule is CCn1cc(C(C)NC(C)c2nnc3ccccn23)cn1. The summed E-state index contributed by atoms with van der Waals surface area (Å²) in [6.45, 7) is 7.21. The zero-order valence-corrected chi connectivity index (χ0v) is 12.6. The van der Waals surface area contributed by atoms with Gasteiger partial charge < -0.3 is 5.32 Å². The summed E-state index contributed by atoms with van der Waals surface area (Å²) in [5, 5.41) is 16.4. The van der Waals surface area contributed by atoms with Crippen molar-refractivity contribution < 1.29 is 0 Å². The van der Waals surface area contributed by atoms with E-state index >= 15 is 0 Å². The van der Waals surface area contributed by atoms with Crippen molar-refractivity contribution in [3.05, 3.63) is 48.2 Å². The van der Waals surface area contributed by atoms with Gasteiger partial charge in [0.15, 0.2) is 11.5 Å². The first-order chi connectivity index (χ1) is 10.2. The number of aryl methyl sites for hydroxylation is 1. The van der Waals surface area contributed by atoms with Crippen molar-refractivity contribution in [1.29, 1.82) is 0 Å². The second-order valence-corrected chi connectivity index (χ2v) is 5.23. The highest BCUT2D eigenvalue weighted by Gasteiger charge is 2.17. The standard InChI is InChI=1S/C15H20N6/c1-4-20-10-13(9-16-20)11(2)17-12(3)15-19-18-14-7-5-6-8-21(14)15/h5-12,17H,4H2,1-3H3. The number of pyridine rings is 1. The number of hydrogen-bond donors (Lipinski definition) is 1. The van der Waals surface area contributed by atoms with E-state index in [1.54, 1.807) is 0 Å². The lowest BCUT2D eigenvalue weighted by molar-refractivity contribution is 0.473. The molecule has 0 saturated carbocycles. The van der Waals surface area contributed by atoms with Gasteiger partial charge in [0.1, 0.15) is 0 Å². The van der Waals surface area contributed by atoms with E-state index in [-0.39, 0.29) is 12.1 Å². The van der Waals surface area contributed by atoms with Crippen LogP contribution >= 0.6 is 0 Å². The second kappa shape index (κ2) is 5.65. The lowest BCUT2D eigenvalue weighted by Gasteiger charge is -2.17. The number of fused-ring (bicyclic) bond motifs is 1. The summed E-state index contributed by atoms with van der Waals surface area (Å²) in [5.74, 6) is 0.917. The van der Waals surface area contributed by atoms with Gasteiger partial charge in [-0.05, 0) is 32.9 Å². The maximum atomic E-state index is 4.32. The zero-order chi connectivity index (χ0) is 14.8. The molecule has 21 heavy (non-hydrogen) atoms. The fourth-order valence-electron chi connectivity index (χ4n) is 2.48. The van der Waals surface area contributed by atoms with Gasteiger partial charge in [-0.15, -0.1) is 10.2 Å². The number of nitrogens with zero attached hydrogens (tertiary/aromatic N) is 5. The molecule has 0 radical (unpaired) electrons. The van der Waals surface area contributed by atoms with Crippen LogP contribution in [0.3, 0.4) is 0 Å². The maximum Gasteiger partial charge on any atom is 0.160 e. The molecule has 3 rings (SSSR count). The molecule has 3 aromatic heterocycles. The quantitative estimate of drug-likeness (QED) is 0.781. The van der Waals surface area contributed by atoms with Gasteiger partial charge in [-0.2, -0.15) is 5.10 Å². The van der Waals surface area contributed by atoms with Crippen LogP contribution in [-0.2, 0) is 6.54 Å². The van der Waals surface area contributed by atoms with E-state index in [1.165, 1.54) is 5.56 Å². The van der Waals surface area contributed by atoms with Gasteiger partial charge >= 0.3 is 0 Å². The molecule has 6 nitrogen and oxygen atoms in total. The van der Waals surface area contributed by atoms with Crippen molar-refractivity contribution in [2.45, 2.75) is 39.4 Å². The first kappa shape index (κ1) is 13.8. The van der Waals surface area contributed by atoms with Crippen LogP contribution in [0.25, 0.3) is 5.65 Å². The third-order valence-electron chi connectivity index (χ3n) is 3.70. The van der Waals surface area contributed by atoms with E-state index in [9.17, 15) is 0 Å². The Kier molecular flexibility index (Phi) is 3.70. The van der Waals surface area contributed by atoms with Gasteiger partial charge in [0.25, 0.3) is 0 Å². The van der Waals surface area contributed by atoms with Crippen molar-refractivity contribution in [2.75, 3.05) is 0 Å². The van der Waals surface area contributed by atoms with E-state index in [4.69, 9.17) is 0 Å². The third-order valence-corrected chi connectivity index (χ3v) is 3.70. The van der Waals surface area contributed by atoms with Gasteiger partial charge in [0.05, 0.1) is 12.2 Å². The zero-order valence-electron chi connectivity index (χ0n) is 12.6. The van der Waals surface area contributed by atoms with Crippen molar-refractivity contribution in [2.24, 2.45) is 0 Å². The van der Waals surface area contributed by atoms with Crippen LogP contribution in [0.15, 0.2) is 36.8 Å². The Morgan fingerprint density at radius 2 is 2.05 bits per heavy atom. The molecule has 6 heteroatoms. The molecular weight excluding hydrogens is 264 g/mol. The lowest BCUT2D eigenvalue weighted by atomic mass is 10.1. The Bertz CT molecular complexity index is 728. The molecule has 0 bridgehead atoms. The highest BCUT2D eigenvalue weighted by Crippen LogP contribution is 2.18. The van der Waals surface area contributed by atoms with Gasteiger partial charge in [-0.3, -0.25) is 9.08 Å². The topological polar surface area (TPSA) is 60.0 Å². The molecule has 110 valence electrons. The average molecular weight is 284 g/mol. The molecule has 0 amide bonds. The van der Waals surface area contributed by atoms with Crippen LogP contribution in [0.4, 0.5) is 0 Å². The highest BCUT2D eigenvalue weighted by molar-refractivity contribution is 5.37. The molecule has 0 fully saturated rings. The first-order valence-electron chi connectivity index (χ1n) is 7.27. The van der Waals surface area contributed by atoms with Crippen molar-refractivity contribution in [3.63, 3.8) is 0 Å². The van der Waals surface area contributed by atoms with Crippen molar-refractivity contribution in [3.8, 4) is 0 Å². The Morgan fingerprint density at radius 3 is 2.81 bits per heavy atom. The summed E-state index contributed by atoms with van der Waals surface area (Å²) >= 11 is 0. The fraction of sp³-hybridized carbons (Fsp3) is 0.400. The normalized spacial score (nSPS) is 14.4. The van der Waals surface area contributed by atoms with Crippen LogP contribution in [0.2, 0.25) is 0 Å². The van der Waals surface area contributed by atoms with E-state index in [2.05, 4.69) is 47.6 Å². The first-order valence-corrected chi connectivity index (χ1v) is 7.27. The van der Waals surface area contributed by atoms with Gasteiger partial charge in [0.2, 0.25) is 0 Å². The minimum absolute atomic E-state index is 0.0994. The van der Waals surface area contributed by atoms with Crippen LogP contribution in [0.5, 0.6) is 0 Å². The maximum absolute atomic E-state index is 4.32. The van der Waals surface area contributed by atoms with Crippen molar-refractivity contribution >= 4 is 5.65 Å². The van der Waals surface area contributed by atoms with Gasteiger partial charge in [0, 0.05) is 30.5 Å². The molecular formula is C15H20N6. The Balaban J connectivity index is 1.77. The molecule has 0 aliphatic rings. The molecule has 2 atom stereocenters. The lowest BCUT2D eigenvalue weighted by Crippen LogP contribution is -2.24. The Hall–Kier alpha value is -2.21. The predicted molar refractivity (Wildman–Crippen MR) is 80.9 cm³/mol. The summed E-state index contributed by atoms with van der Waals surface area (Å²) in [6, 6.07) is 6.21. The summed E-state index contributed by atoms with van der Waals surface area (Å²) in [4.78, 5) is 0. The summed E-state index contributed by atoms with van der Waals surface area (Å²) in [6.07, 6.45) is 5.98. The van der Waals surface area contributed by atoms with Gasteiger partial charge in [-0.25, -0.2) is 0 Å². The Labute approximate surface area is 123 Å². The molecule has 0 aliphatic carbocycles. The summed E-state index contributed by atoms with van der Waals surface area (Å²) < 4.78 is 3.95. The summed E-state index contributed by atoms with van der Waals surface area (Å²) in [5.41, 5.74) is 2.05. The molecule has 3 heterocycles. The summed E-state index contributed by atoms with van der Waals surface area (Å²) in [7, 11) is 0. The predicted octanol–water partition coefficient (Wildman–Crippen LogP) is 2.36. The molecule has 0 saturated heterocycles. The molecule has 2 unspecified atom stereocenters. The largest absolute Gasteiger partial charge is 0.301 e. The fourth-order valence-corrected chi connectivity index (χ4v) is 2.48. The molecule has 1 N–H and O–H groups in total. The minimum Gasteiger partial charge on any atom is -0.301 e. The van der Waals surface area contributed by atoms with Crippen LogP contribution < -0.4 is 5.32 Å². The minimum atomic E-state index is 0.0994. The highest BCUT2D eigenvalue weighted by atomic mass is 15.3. The number of rotatable bonds is 5. The number of aromatic nitrogens is 5. The number of nitrogens with one attached hydrogen (secondary N) is 1.